The van der Waals surface area contributed by atoms with Crippen molar-refractivity contribution in [3.8, 4) is 0 Å². The van der Waals surface area contributed by atoms with Crippen molar-refractivity contribution in [3.05, 3.63) is 28.3 Å². The van der Waals surface area contributed by atoms with E-state index in [1.807, 2.05) is 0 Å². The summed E-state index contributed by atoms with van der Waals surface area (Å²) in [5, 5.41) is 19.1. The van der Waals surface area contributed by atoms with Crippen molar-refractivity contribution >= 4 is 21.4 Å². The number of likely N-dealkylation sites (N-methyl/N-ethyl adjacent to an activating group) is 1. The predicted octanol–water partition coefficient (Wildman–Crippen LogP) is 0.290. The molecule has 0 aliphatic carbocycles. The Labute approximate surface area is 141 Å². The number of primary sulfonamides is 1. The zero-order chi connectivity index (χ0) is 17.9. The highest BCUT2D eigenvalue weighted by Gasteiger charge is 2.22. The lowest BCUT2D eigenvalue weighted by Gasteiger charge is -2.36. The minimum Gasteiger partial charge on any atom is -0.382 e. The highest BCUT2D eigenvalue weighted by molar-refractivity contribution is 7.89. The predicted molar refractivity (Wildman–Crippen MR) is 91.5 cm³/mol. The van der Waals surface area contributed by atoms with E-state index >= 15 is 0 Å². The Kier molecular flexibility index (Phi) is 5.75. The molecular weight excluding hydrogens is 334 g/mol. The van der Waals surface area contributed by atoms with Gasteiger partial charge in [-0.1, -0.05) is 0 Å². The summed E-state index contributed by atoms with van der Waals surface area (Å²) in [5.41, 5.74) is -0.0271. The van der Waals surface area contributed by atoms with E-state index in [2.05, 4.69) is 29.1 Å². The van der Waals surface area contributed by atoms with Gasteiger partial charge in [-0.15, -0.1) is 0 Å². The number of benzene rings is 1. The molecule has 1 atom stereocenters. The second-order valence-corrected chi connectivity index (χ2v) is 7.58. The first-order valence-corrected chi connectivity index (χ1v) is 9.21. The van der Waals surface area contributed by atoms with E-state index in [0.717, 1.165) is 32.2 Å². The van der Waals surface area contributed by atoms with Gasteiger partial charge in [-0.3, -0.25) is 15.0 Å². The first kappa shape index (κ1) is 18.6. The lowest BCUT2D eigenvalue weighted by atomic mass is 10.2. The number of nitro groups is 1. The van der Waals surface area contributed by atoms with Gasteiger partial charge < -0.3 is 10.2 Å². The molecule has 10 heteroatoms. The summed E-state index contributed by atoms with van der Waals surface area (Å²) >= 11 is 0. The number of hydrogen-bond donors (Lipinski definition) is 2. The highest BCUT2D eigenvalue weighted by Crippen LogP contribution is 2.25. The molecule has 3 N–H and O–H groups in total. The largest absolute Gasteiger partial charge is 0.382 e. The van der Waals surface area contributed by atoms with Crippen LogP contribution in [0.25, 0.3) is 0 Å². The Balaban J connectivity index is 2.10. The van der Waals surface area contributed by atoms with Crippen LogP contribution in [0.4, 0.5) is 11.4 Å². The third-order valence-electron chi connectivity index (χ3n) is 4.23. The zero-order valence-corrected chi connectivity index (χ0v) is 14.6. The topological polar surface area (TPSA) is 122 Å². The van der Waals surface area contributed by atoms with Gasteiger partial charge in [0.2, 0.25) is 10.0 Å². The summed E-state index contributed by atoms with van der Waals surface area (Å²) in [7, 11) is -1.98. The van der Waals surface area contributed by atoms with Crippen LogP contribution >= 0.6 is 0 Å². The first-order chi connectivity index (χ1) is 11.2. The standard InChI is InChI=1S/C14H23N5O4S/c1-11(18-7-5-17(2)6-8-18)10-16-13-4-3-12(19(20)21)9-14(13)24(15,22)23/h3-4,9,11,16H,5-8,10H2,1-2H3,(H2,15,22,23). The van der Waals surface area contributed by atoms with Gasteiger partial charge in [-0.2, -0.15) is 0 Å². The van der Waals surface area contributed by atoms with E-state index in [-0.39, 0.29) is 22.3 Å². The Bertz CT molecular complexity index is 701. The molecule has 1 fully saturated rings. The summed E-state index contributed by atoms with van der Waals surface area (Å²) in [4.78, 5) is 14.5. The van der Waals surface area contributed by atoms with Crippen LogP contribution in [0.3, 0.4) is 0 Å². The maximum Gasteiger partial charge on any atom is 0.270 e. The fraction of sp³-hybridized carbons (Fsp3) is 0.571. The number of nitrogens with zero attached hydrogens (tertiary/aromatic N) is 3. The van der Waals surface area contributed by atoms with Gasteiger partial charge in [0.05, 0.1) is 10.6 Å². The second kappa shape index (κ2) is 7.43. The van der Waals surface area contributed by atoms with Crippen molar-refractivity contribution in [1.82, 2.24) is 9.80 Å². The van der Waals surface area contributed by atoms with Gasteiger partial charge in [0.25, 0.3) is 5.69 Å². The lowest BCUT2D eigenvalue weighted by Crippen LogP contribution is -2.49. The molecule has 0 aromatic heterocycles. The number of nitrogens with one attached hydrogen (secondary N) is 1. The number of rotatable bonds is 6. The van der Waals surface area contributed by atoms with E-state index in [9.17, 15) is 18.5 Å². The third kappa shape index (κ3) is 4.63. The van der Waals surface area contributed by atoms with Gasteiger partial charge in [-0.25, -0.2) is 13.6 Å². The van der Waals surface area contributed by atoms with Crippen molar-refractivity contribution in [1.29, 1.82) is 0 Å². The fourth-order valence-electron chi connectivity index (χ4n) is 2.66. The molecule has 9 nitrogen and oxygen atoms in total. The summed E-state index contributed by atoms with van der Waals surface area (Å²) in [6, 6.07) is 3.83. The molecule has 1 heterocycles. The molecular formula is C14H23N5O4S. The van der Waals surface area contributed by atoms with E-state index in [1.165, 1.54) is 12.1 Å². The van der Waals surface area contributed by atoms with Gasteiger partial charge in [-0.05, 0) is 20.0 Å². The molecule has 2 rings (SSSR count). The average Bonchev–Trinajstić information content (AvgIpc) is 2.52. The highest BCUT2D eigenvalue weighted by atomic mass is 32.2. The van der Waals surface area contributed by atoms with Gasteiger partial charge in [0.15, 0.2) is 0 Å². The normalized spacial score (nSPS) is 18.3. The summed E-state index contributed by atoms with van der Waals surface area (Å²) in [6.45, 7) is 6.45. The molecule has 1 unspecified atom stereocenters. The summed E-state index contributed by atoms with van der Waals surface area (Å²) in [6.07, 6.45) is 0. The Morgan fingerprint density at radius 3 is 2.50 bits per heavy atom. The van der Waals surface area contributed by atoms with E-state index in [1.54, 1.807) is 0 Å². The van der Waals surface area contributed by atoms with Crippen LogP contribution in [-0.4, -0.2) is 69.0 Å². The van der Waals surface area contributed by atoms with Crippen molar-refractivity contribution < 1.29 is 13.3 Å². The maximum absolute atomic E-state index is 11.7. The smallest absolute Gasteiger partial charge is 0.270 e. The molecule has 1 aliphatic rings. The van der Waals surface area contributed by atoms with Crippen LogP contribution in [0.2, 0.25) is 0 Å². The minimum absolute atomic E-state index is 0.197. The van der Waals surface area contributed by atoms with Crippen molar-refractivity contribution in [3.63, 3.8) is 0 Å². The SMILES string of the molecule is CC(CNc1ccc([N+](=O)[O-])cc1S(N)(=O)=O)N1CCN(C)CC1. The molecule has 0 saturated carbocycles. The molecule has 0 spiro atoms. The van der Waals surface area contributed by atoms with Crippen LogP contribution < -0.4 is 10.5 Å². The summed E-state index contributed by atoms with van der Waals surface area (Å²) in [5.74, 6) is 0. The molecule has 24 heavy (non-hydrogen) atoms. The Morgan fingerprint density at radius 1 is 1.33 bits per heavy atom. The van der Waals surface area contributed by atoms with Crippen LogP contribution in [0.1, 0.15) is 6.92 Å². The van der Waals surface area contributed by atoms with Gasteiger partial charge in [0.1, 0.15) is 4.90 Å². The average molecular weight is 357 g/mol. The van der Waals surface area contributed by atoms with Crippen LogP contribution in [0, 0.1) is 10.1 Å². The molecule has 0 amide bonds. The van der Waals surface area contributed by atoms with Gasteiger partial charge >= 0.3 is 0 Å². The Morgan fingerprint density at radius 2 is 1.96 bits per heavy atom. The number of sulfonamides is 1. The van der Waals surface area contributed by atoms with Crippen molar-refractivity contribution in [2.24, 2.45) is 5.14 Å². The van der Waals surface area contributed by atoms with Gasteiger partial charge in [0, 0.05) is 50.9 Å². The lowest BCUT2D eigenvalue weighted by molar-refractivity contribution is -0.385. The molecule has 134 valence electrons. The van der Waals surface area contributed by atoms with E-state index < -0.39 is 14.9 Å². The zero-order valence-electron chi connectivity index (χ0n) is 13.8. The minimum atomic E-state index is -4.06. The number of nitrogens with two attached hydrogens (primary N) is 1. The number of anilines is 1. The van der Waals surface area contributed by atoms with Crippen molar-refractivity contribution in [2.45, 2.75) is 17.9 Å². The van der Waals surface area contributed by atoms with Crippen LogP contribution in [0.15, 0.2) is 23.1 Å². The quantitative estimate of drug-likeness (QED) is 0.554. The summed E-state index contributed by atoms with van der Waals surface area (Å²) < 4.78 is 23.4. The second-order valence-electron chi connectivity index (χ2n) is 6.05. The molecule has 1 aliphatic heterocycles. The van der Waals surface area contributed by atoms with Crippen LogP contribution in [-0.2, 0) is 10.0 Å². The number of piperazine rings is 1. The third-order valence-corrected chi connectivity index (χ3v) is 5.18. The number of hydrogen-bond acceptors (Lipinski definition) is 7. The monoisotopic (exact) mass is 357 g/mol. The first-order valence-electron chi connectivity index (χ1n) is 7.66. The maximum atomic E-state index is 11.7. The molecule has 1 aromatic rings. The van der Waals surface area contributed by atoms with Crippen LogP contribution in [0.5, 0.6) is 0 Å². The Hall–Kier alpha value is -1.75. The fourth-order valence-corrected chi connectivity index (χ4v) is 3.39. The van der Waals surface area contributed by atoms with E-state index in [0.29, 0.717) is 6.54 Å². The molecule has 0 bridgehead atoms. The molecule has 0 radical (unpaired) electrons. The number of nitro benzene ring substituents is 1. The van der Waals surface area contributed by atoms with E-state index in [4.69, 9.17) is 5.14 Å². The molecule has 1 saturated heterocycles. The molecule has 1 aromatic carbocycles. The van der Waals surface area contributed by atoms with Crippen molar-refractivity contribution in [2.75, 3.05) is 45.1 Å². The number of non-ortho nitro benzene ring substituents is 1.